The highest BCUT2D eigenvalue weighted by Gasteiger charge is 2.49. The van der Waals surface area contributed by atoms with Crippen molar-refractivity contribution < 1.29 is 0 Å². The van der Waals surface area contributed by atoms with Gasteiger partial charge in [0, 0.05) is 17.3 Å². The normalized spacial score (nSPS) is 13.7. The number of pyridine rings is 1. The molecule has 0 aliphatic heterocycles. The maximum absolute atomic E-state index is 5.12. The molecule has 7 rings (SSSR count). The van der Waals surface area contributed by atoms with Crippen molar-refractivity contribution in [2.75, 3.05) is 0 Å². The maximum Gasteiger partial charge on any atom is 0.0756 e. The van der Waals surface area contributed by atoms with E-state index < -0.39 is 5.41 Å². The number of nitrogens with zero attached hydrogens (tertiary/aromatic N) is 1. The van der Waals surface area contributed by atoms with Crippen LogP contribution in [0.3, 0.4) is 0 Å². The topological polar surface area (TPSA) is 12.9 Å². The van der Waals surface area contributed by atoms with Crippen LogP contribution in [0.2, 0.25) is 0 Å². The molecule has 0 amide bonds. The van der Waals surface area contributed by atoms with Gasteiger partial charge in [-0.1, -0.05) is 142 Å². The second-order valence-electron chi connectivity index (χ2n) is 11.6. The summed E-state index contributed by atoms with van der Waals surface area (Å²) >= 11 is 0. The second kappa shape index (κ2) is 8.78. The second-order valence-corrected chi connectivity index (χ2v) is 11.6. The lowest BCUT2D eigenvalue weighted by Crippen LogP contribution is -2.29. The summed E-state index contributed by atoms with van der Waals surface area (Å²) in [5.41, 5.74) is 10.8. The molecule has 1 aliphatic carbocycles. The number of hydrogen-bond donors (Lipinski definition) is 0. The lowest BCUT2D eigenvalue weighted by Gasteiger charge is -2.35. The fourth-order valence-electron chi connectivity index (χ4n) is 6.56. The Kier molecular flexibility index (Phi) is 5.32. The number of aromatic nitrogens is 1. The summed E-state index contributed by atoms with van der Waals surface area (Å²) in [6, 6.07) is 46.6. The fraction of sp³-hybridized carbons (Fsp3) is 0.132. The van der Waals surface area contributed by atoms with Crippen LogP contribution in [-0.2, 0) is 10.8 Å². The molecule has 0 fully saturated rings. The van der Waals surface area contributed by atoms with Crippen LogP contribution in [0.4, 0.5) is 0 Å². The zero-order valence-corrected chi connectivity index (χ0v) is 22.6. The summed E-state index contributed by atoms with van der Waals surface area (Å²) in [5.74, 6) is 0. The van der Waals surface area contributed by atoms with Gasteiger partial charge < -0.3 is 0 Å². The molecule has 0 radical (unpaired) electrons. The van der Waals surface area contributed by atoms with E-state index in [1.54, 1.807) is 0 Å². The lowest BCUT2D eigenvalue weighted by molar-refractivity contribution is 0.590. The summed E-state index contributed by atoms with van der Waals surface area (Å²) in [6.07, 6.45) is 1.98. The lowest BCUT2D eigenvalue weighted by atomic mass is 9.66. The molecular weight excluding hydrogens is 470 g/mol. The van der Waals surface area contributed by atoms with E-state index in [0.29, 0.717) is 0 Å². The molecule has 1 aliphatic rings. The Balaban J connectivity index is 1.65. The largest absolute Gasteiger partial charge is 0.256 e. The first-order chi connectivity index (χ1) is 19.0. The molecule has 39 heavy (non-hydrogen) atoms. The Morgan fingerprint density at radius 2 is 1.13 bits per heavy atom. The molecule has 1 heterocycles. The van der Waals surface area contributed by atoms with Gasteiger partial charge in [0.25, 0.3) is 0 Å². The van der Waals surface area contributed by atoms with Crippen molar-refractivity contribution in [3.8, 4) is 22.4 Å². The van der Waals surface area contributed by atoms with Crippen molar-refractivity contribution in [1.82, 2.24) is 4.98 Å². The van der Waals surface area contributed by atoms with Crippen LogP contribution < -0.4 is 0 Å². The minimum absolute atomic E-state index is 0.0948. The van der Waals surface area contributed by atoms with Crippen molar-refractivity contribution >= 4 is 10.8 Å². The van der Waals surface area contributed by atoms with Crippen LogP contribution in [0.25, 0.3) is 33.2 Å². The summed E-state index contributed by atoms with van der Waals surface area (Å²) in [7, 11) is 0. The third kappa shape index (κ3) is 3.50. The quantitative estimate of drug-likeness (QED) is 0.235. The Morgan fingerprint density at radius 1 is 0.538 bits per heavy atom. The van der Waals surface area contributed by atoms with E-state index >= 15 is 0 Å². The highest BCUT2D eigenvalue weighted by atomic mass is 14.7. The maximum atomic E-state index is 5.12. The van der Waals surface area contributed by atoms with E-state index in [9.17, 15) is 0 Å². The summed E-state index contributed by atoms with van der Waals surface area (Å²) in [4.78, 5) is 5.12. The third-order valence-electron chi connectivity index (χ3n) is 8.36. The van der Waals surface area contributed by atoms with Crippen LogP contribution in [0, 0.1) is 0 Å². The number of fused-ring (bicyclic) bond motifs is 5. The molecule has 1 aromatic heterocycles. The van der Waals surface area contributed by atoms with E-state index in [1.165, 1.54) is 49.7 Å². The molecule has 0 N–H and O–H groups in total. The zero-order chi connectivity index (χ0) is 26.6. The van der Waals surface area contributed by atoms with E-state index in [2.05, 4.69) is 148 Å². The number of hydrogen-bond acceptors (Lipinski definition) is 1. The summed E-state index contributed by atoms with van der Waals surface area (Å²) < 4.78 is 0. The van der Waals surface area contributed by atoms with Gasteiger partial charge in [0.2, 0.25) is 0 Å². The first kappa shape index (κ1) is 23.6. The average molecular weight is 502 g/mol. The first-order valence-corrected chi connectivity index (χ1v) is 13.7. The van der Waals surface area contributed by atoms with Crippen LogP contribution in [0.5, 0.6) is 0 Å². The summed E-state index contributed by atoms with van der Waals surface area (Å²) in [6.45, 7) is 6.79. The minimum atomic E-state index is -0.514. The van der Waals surface area contributed by atoms with Gasteiger partial charge in [-0.15, -0.1) is 0 Å². The van der Waals surface area contributed by atoms with Gasteiger partial charge in [0.05, 0.1) is 11.1 Å². The van der Waals surface area contributed by atoms with Crippen LogP contribution in [-0.4, -0.2) is 4.98 Å². The zero-order valence-electron chi connectivity index (χ0n) is 22.6. The predicted molar refractivity (Wildman–Crippen MR) is 163 cm³/mol. The molecule has 0 atom stereocenters. The molecule has 0 spiro atoms. The van der Waals surface area contributed by atoms with Crippen LogP contribution >= 0.6 is 0 Å². The van der Waals surface area contributed by atoms with Gasteiger partial charge in [-0.2, -0.15) is 0 Å². The third-order valence-corrected chi connectivity index (χ3v) is 8.36. The van der Waals surface area contributed by atoms with E-state index in [0.717, 1.165) is 11.3 Å². The molecule has 188 valence electrons. The Hall–Kier alpha value is -4.49. The molecular formula is C38H31N. The fourth-order valence-corrected chi connectivity index (χ4v) is 6.56. The van der Waals surface area contributed by atoms with E-state index in [-0.39, 0.29) is 5.41 Å². The number of benzene rings is 5. The van der Waals surface area contributed by atoms with Gasteiger partial charge in [0.15, 0.2) is 0 Å². The molecule has 1 nitrogen and oxygen atoms in total. The smallest absolute Gasteiger partial charge is 0.0756 e. The highest BCUT2D eigenvalue weighted by molar-refractivity contribution is 6.02. The molecule has 0 saturated carbocycles. The monoisotopic (exact) mass is 501 g/mol. The van der Waals surface area contributed by atoms with Crippen molar-refractivity contribution in [3.05, 3.63) is 161 Å². The molecule has 0 saturated heterocycles. The van der Waals surface area contributed by atoms with Gasteiger partial charge in [-0.25, -0.2) is 0 Å². The first-order valence-electron chi connectivity index (χ1n) is 13.7. The Bertz CT molecular complexity index is 1770. The molecule has 6 aromatic rings. The van der Waals surface area contributed by atoms with Crippen LogP contribution in [0.1, 0.15) is 48.6 Å². The van der Waals surface area contributed by atoms with Gasteiger partial charge in [-0.3, -0.25) is 4.98 Å². The summed E-state index contributed by atoms with van der Waals surface area (Å²) in [5, 5.41) is 2.54. The standard InChI is InChI=1S/C38H31N/c1-37(2,3)28-21-18-27(19-22-28)36-35-33(24-25-39-36)32-23-20-26-12-10-11-17-31(26)34(32)38(35,29-13-6-4-7-14-29)30-15-8-5-9-16-30/h4-25H,1-3H3. The molecule has 5 aromatic carbocycles. The molecule has 0 unspecified atom stereocenters. The average Bonchev–Trinajstić information content (AvgIpc) is 3.30. The highest BCUT2D eigenvalue weighted by Crippen LogP contribution is 2.59. The molecule has 0 bridgehead atoms. The molecule has 1 heteroatoms. The predicted octanol–water partition coefficient (Wildman–Crippen LogP) is 9.56. The van der Waals surface area contributed by atoms with Gasteiger partial charge in [-0.05, 0) is 55.6 Å². The SMILES string of the molecule is CC(C)(C)c1ccc(-c2nccc3c2C(c2ccccc2)(c2ccccc2)c2c-3ccc3ccccc23)cc1. The Morgan fingerprint density at radius 3 is 1.77 bits per heavy atom. The van der Waals surface area contributed by atoms with E-state index in [1.807, 2.05) is 6.20 Å². The van der Waals surface area contributed by atoms with Crippen molar-refractivity contribution in [2.24, 2.45) is 0 Å². The van der Waals surface area contributed by atoms with Gasteiger partial charge in [0.1, 0.15) is 0 Å². The van der Waals surface area contributed by atoms with Crippen molar-refractivity contribution in [1.29, 1.82) is 0 Å². The minimum Gasteiger partial charge on any atom is -0.256 e. The van der Waals surface area contributed by atoms with E-state index in [4.69, 9.17) is 4.98 Å². The Labute approximate surface area is 230 Å². The van der Waals surface area contributed by atoms with Crippen molar-refractivity contribution in [3.63, 3.8) is 0 Å². The number of rotatable bonds is 3. The van der Waals surface area contributed by atoms with Crippen LogP contribution in [0.15, 0.2) is 134 Å². The van der Waals surface area contributed by atoms with Crippen molar-refractivity contribution in [2.45, 2.75) is 31.6 Å². The van der Waals surface area contributed by atoms with Gasteiger partial charge >= 0.3 is 0 Å².